The molecule has 0 radical (unpaired) electrons. The molecule has 1 amide bonds. The van der Waals surface area contributed by atoms with E-state index >= 15 is 0 Å². The van der Waals surface area contributed by atoms with Gasteiger partial charge in [-0.2, -0.15) is 0 Å². The smallest absolute Gasteiger partial charge is 0.259 e. The molecule has 0 aliphatic heterocycles. The molecule has 20 heavy (non-hydrogen) atoms. The van der Waals surface area contributed by atoms with Crippen LogP contribution in [0.4, 0.5) is 10.8 Å². The molecule has 0 bridgehead atoms. The van der Waals surface area contributed by atoms with E-state index in [1.807, 2.05) is 6.92 Å². The molecule has 1 aromatic carbocycles. The van der Waals surface area contributed by atoms with Crippen molar-refractivity contribution in [2.24, 2.45) is 0 Å². The summed E-state index contributed by atoms with van der Waals surface area (Å²) < 4.78 is 0. The van der Waals surface area contributed by atoms with Gasteiger partial charge in [-0.3, -0.25) is 10.1 Å². The number of halogens is 1. The molecule has 1 aromatic heterocycles. The molecular weight excluding hydrogens is 296 g/mol. The maximum atomic E-state index is 12.3. The van der Waals surface area contributed by atoms with E-state index in [0.717, 1.165) is 23.7 Å². The van der Waals surface area contributed by atoms with Gasteiger partial charge in [0.25, 0.3) is 5.91 Å². The minimum absolute atomic E-state index is 0.248. The summed E-state index contributed by atoms with van der Waals surface area (Å²) in [7, 11) is 0. The number of carbonyl (C=O) groups excluding carboxylic acids is 1. The van der Waals surface area contributed by atoms with Crippen molar-refractivity contribution in [2.75, 3.05) is 17.2 Å². The fraction of sp³-hybridized carbons (Fsp3) is 0.308. The van der Waals surface area contributed by atoms with Crippen molar-refractivity contribution < 1.29 is 4.79 Å². The molecule has 0 aliphatic rings. The highest BCUT2D eigenvalue weighted by Gasteiger charge is 2.14. The van der Waals surface area contributed by atoms with Crippen LogP contribution in [-0.2, 0) is 0 Å². The minimum atomic E-state index is -0.248. The third-order valence-corrected chi connectivity index (χ3v) is 3.53. The second-order valence-electron chi connectivity index (χ2n) is 4.20. The Morgan fingerprint density at radius 1 is 1.40 bits per heavy atom. The highest BCUT2D eigenvalue weighted by atomic mass is 35.5. The van der Waals surface area contributed by atoms with E-state index < -0.39 is 0 Å². The highest BCUT2D eigenvalue weighted by molar-refractivity contribution is 7.15. The Morgan fingerprint density at radius 2 is 2.20 bits per heavy atom. The number of amides is 1. The van der Waals surface area contributed by atoms with Crippen molar-refractivity contribution in [3.05, 3.63) is 33.8 Å². The van der Waals surface area contributed by atoms with Crippen LogP contribution >= 0.6 is 22.9 Å². The lowest BCUT2D eigenvalue weighted by Crippen LogP contribution is -2.15. The molecule has 0 atom stereocenters. The third-order valence-electron chi connectivity index (χ3n) is 2.54. The summed E-state index contributed by atoms with van der Waals surface area (Å²) in [5.41, 5.74) is 1.26. The monoisotopic (exact) mass is 310 g/mol. The standard InChI is InChI=1S/C13H15ClN4OS/c1-3-6-15-11-5-4-9(14)7-10(11)12(19)16-13-18-17-8(2)20-13/h4-5,7,15H,3,6H2,1-2H3,(H,16,18,19). The van der Waals surface area contributed by atoms with Gasteiger partial charge in [0.05, 0.1) is 5.56 Å². The zero-order valence-corrected chi connectivity index (χ0v) is 12.8. The number of benzene rings is 1. The van der Waals surface area contributed by atoms with Gasteiger partial charge in [-0.05, 0) is 31.5 Å². The minimum Gasteiger partial charge on any atom is -0.384 e. The molecule has 1 heterocycles. The van der Waals surface area contributed by atoms with Gasteiger partial charge in [-0.1, -0.05) is 29.9 Å². The first-order valence-corrected chi connectivity index (χ1v) is 7.44. The Morgan fingerprint density at radius 3 is 2.85 bits per heavy atom. The van der Waals surface area contributed by atoms with Crippen LogP contribution in [0.1, 0.15) is 28.7 Å². The fourth-order valence-corrected chi connectivity index (χ4v) is 2.39. The molecule has 7 heteroatoms. The number of anilines is 2. The Kier molecular flexibility index (Phi) is 4.92. The van der Waals surface area contributed by atoms with Crippen LogP contribution in [0, 0.1) is 6.92 Å². The lowest BCUT2D eigenvalue weighted by atomic mass is 10.1. The van der Waals surface area contributed by atoms with Gasteiger partial charge >= 0.3 is 0 Å². The van der Waals surface area contributed by atoms with Gasteiger partial charge < -0.3 is 5.32 Å². The lowest BCUT2D eigenvalue weighted by Gasteiger charge is -2.11. The van der Waals surface area contributed by atoms with Crippen LogP contribution in [0.3, 0.4) is 0 Å². The Balaban J connectivity index is 2.21. The quantitative estimate of drug-likeness (QED) is 0.886. The van der Waals surface area contributed by atoms with Crippen LogP contribution in [-0.4, -0.2) is 22.6 Å². The predicted octanol–water partition coefficient (Wildman–Crippen LogP) is 3.57. The number of carbonyl (C=O) groups is 1. The average Bonchev–Trinajstić information content (AvgIpc) is 2.82. The summed E-state index contributed by atoms with van der Waals surface area (Å²) in [5, 5.41) is 15.5. The van der Waals surface area contributed by atoms with Crippen LogP contribution in [0.2, 0.25) is 5.02 Å². The summed E-state index contributed by atoms with van der Waals surface area (Å²) >= 11 is 7.30. The Hall–Kier alpha value is -1.66. The SMILES string of the molecule is CCCNc1ccc(Cl)cc1C(=O)Nc1nnc(C)s1. The van der Waals surface area contributed by atoms with Crippen molar-refractivity contribution in [3.63, 3.8) is 0 Å². The number of hydrogen-bond donors (Lipinski definition) is 2. The van der Waals surface area contributed by atoms with Crippen molar-refractivity contribution >= 4 is 39.7 Å². The average molecular weight is 311 g/mol. The normalized spacial score (nSPS) is 10.3. The molecule has 2 aromatic rings. The number of hydrogen-bond acceptors (Lipinski definition) is 5. The van der Waals surface area contributed by atoms with Gasteiger partial charge in [-0.25, -0.2) is 0 Å². The first kappa shape index (κ1) is 14.7. The summed E-state index contributed by atoms with van der Waals surface area (Å²) in [6, 6.07) is 5.20. The van der Waals surface area contributed by atoms with E-state index in [9.17, 15) is 4.79 Å². The fourth-order valence-electron chi connectivity index (χ4n) is 1.63. The number of aromatic nitrogens is 2. The molecule has 0 saturated carbocycles. The van der Waals surface area contributed by atoms with E-state index in [1.165, 1.54) is 11.3 Å². The van der Waals surface area contributed by atoms with Crippen molar-refractivity contribution in [2.45, 2.75) is 20.3 Å². The topological polar surface area (TPSA) is 66.9 Å². The van der Waals surface area contributed by atoms with Crippen molar-refractivity contribution in [1.29, 1.82) is 0 Å². The number of aryl methyl sites for hydroxylation is 1. The zero-order chi connectivity index (χ0) is 14.5. The Bertz CT molecular complexity index is 614. The first-order chi connectivity index (χ1) is 9.60. The van der Waals surface area contributed by atoms with E-state index in [-0.39, 0.29) is 5.91 Å². The summed E-state index contributed by atoms with van der Waals surface area (Å²) in [6.45, 7) is 4.69. The molecule has 0 aliphatic carbocycles. The summed E-state index contributed by atoms with van der Waals surface area (Å²) in [4.78, 5) is 12.3. The predicted molar refractivity (Wildman–Crippen MR) is 82.8 cm³/mol. The van der Waals surface area contributed by atoms with Crippen LogP contribution in [0.25, 0.3) is 0 Å². The van der Waals surface area contributed by atoms with E-state index in [2.05, 4.69) is 27.8 Å². The Labute approximate surface area is 126 Å². The van der Waals surface area contributed by atoms with Gasteiger partial charge in [0.15, 0.2) is 0 Å². The van der Waals surface area contributed by atoms with Crippen LogP contribution in [0.15, 0.2) is 18.2 Å². The van der Waals surface area contributed by atoms with Crippen LogP contribution in [0.5, 0.6) is 0 Å². The molecular formula is C13H15ClN4OS. The second-order valence-corrected chi connectivity index (χ2v) is 5.82. The molecule has 5 nitrogen and oxygen atoms in total. The molecule has 106 valence electrons. The highest BCUT2D eigenvalue weighted by Crippen LogP contribution is 2.23. The maximum absolute atomic E-state index is 12.3. The summed E-state index contributed by atoms with van der Waals surface area (Å²) in [6.07, 6.45) is 0.972. The molecule has 2 rings (SSSR count). The van der Waals surface area contributed by atoms with Gasteiger partial charge in [0.1, 0.15) is 5.01 Å². The second kappa shape index (κ2) is 6.67. The van der Waals surface area contributed by atoms with E-state index in [0.29, 0.717) is 15.7 Å². The van der Waals surface area contributed by atoms with E-state index in [1.54, 1.807) is 18.2 Å². The number of rotatable bonds is 5. The van der Waals surface area contributed by atoms with Gasteiger partial charge in [0, 0.05) is 17.3 Å². The van der Waals surface area contributed by atoms with Gasteiger partial charge in [0.2, 0.25) is 5.13 Å². The van der Waals surface area contributed by atoms with Crippen LogP contribution < -0.4 is 10.6 Å². The number of nitrogens with zero attached hydrogens (tertiary/aromatic N) is 2. The first-order valence-electron chi connectivity index (χ1n) is 6.25. The number of nitrogens with one attached hydrogen (secondary N) is 2. The molecule has 0 spiro atoms. The van der Waals surface area contributed by atoms with E-state index in [4.69, 9.17) is 11.6 Å². The molecule has 0 unspecified atom stereocenters. The third kappa shape index (κ3) is 3.68. The summed E-state index contributed by atoms with van der Waals surface area (Å²) in [5.74, 6) is -0.248. The largest absolute Gasteiger partial charge is 0.384 e. The molecule has 2 N–H and O–H groups in total. The van der Waals surface area contributed by atoms with Crippen molar-refractivity contribution in [1.82, 2.24) is 10.2 Å². The maximum Gasteiger partial charge on any atom is 0.259 e. The zero-order valence-electron chi connectivity index (χ0n) is 11.2. The van der Waals surface area contributed by atoms with Gasteiger partial charge in [-0.15, -0.1) is 10.2 Å². The molecule has 0 fully saturated rings. The van der Waals surface area contributed by atoms with Crippen molar-refractivity contribution in [3.8, 4) is 0 Å². The molecule has 0 saturated heterocycles. The lowest BCUT2D eigenvalue weighted by molar-refractivity contribution is 0.102.